The van der Waals surface area contributed by atoms with Gasteiger partial charge in [0.05, 0.1) is 0 Å². The van der Waals surface area contributed by atoms with Crippen molar-refractivity contribution in [2.45, 2.75) is 59.6 Å². The van der Waals surface area contributed by atoms with Gasteiger partial charge in [-0.05, 0) is 27.2 Å². The summed E-state index contributed by atoms with van der Waals surface area (Å²) in [5, 5.41) is 10.4. The van der Waals surface area contributed by atoms with E-state index >= 15 is 0 Å². The van der Waals surface area contributed by atoms with E-state index < -0.39 is 0 Å². The van der Waals surface area contributed by atoms with Crippen LogP contribution in [-0.2, 0) is 11.3 Å². The quantitative estimate of drug-likeness (QED) is 0.392. The fraction of sp³-hybridized carbons (Fsp3) is 0.800. The van der Waals surface area contributed by atoms with Crippen molar-refractivity contribution in [3.8, 4) is 0 Å². The molecule has 22 heavy (non-hydrogen) atoms. The van der Waals surface area contributed by atoms with Gasteiger partial charge in [0, 0.05) is 19.7 Å². The number of guanidine groups is 1. The molecule has 0 radical (unpaired) electrons. The van der Waals surface area contributed by atoms with Crippen molar-refractivity contribution in [1.82, 2.24) is 20.8 Å². The van der Waals surface area contributed by atoms with Crippen molar-refractivity contribution < 1.29 is 9.26 Å². The molecule has 0 spiro atoms. The number of nitrogens with one attached hydrogen (secondary N) is 2. The fourth-order valence-electron chi connectivity index (χ4n) is 1.89. The molecule has 0 fully saturated rings. The Bertz CT molecular complexity index is 433. The highest BCUT2D eigenvalue weighted by Gasteiger charge is 2.13. The Morgan fingerprint density at radius 3 is 2.77 bits per heavy atom. The van der Waals surface area contributed by atoms with E-state index in [-0.39, 0.29) is 6.10 Å². The van der Waals surface area contributed by atoms with E-state index in [4.69, 9.17) is 9.26 Å². The van der Waals surface area contributed by atoms with E-state index in [0.29, 0.717) is 24.9 Å². The Labute approximate surface area is 132 Å². The first kappa shape index (κ1) is 18.4. The Hall–Kier alpha value is -1.63. The molecule has 0 saturated heterocycles. The van der Waals surface area contributed by atoms with Gasteiger partial charge in [0.1, 0.15) is 12.6 Å². The fourth-order valence-corrected chi connectivity index (χ4v) is 1.89. The molecule has 1 atom stereocenters. The lowest BCUT2D eigenvalue weighted by Gasteiger charge is -2.10. The number of hydrogen-bond donors (Lipinski definition) is 2. The SMILES string of the molecule is CCCCCNC(=NCc1nc(C(C)OCC)no1)NCC. The van der Waals surface area contributed by atoms with Gasteiger partial charge in [-0.15, -0.1) is 0 Å². The van der Waals surface area contributed by atoms with Crippen LogP contribution >= 0.6 is 0 Å². The second kappa shape index (κ2) is 11.0. The van der Waals surface area contributed by atoms with E-state index in [1.165, 1.54) is 12.8 Å². The summed E-state index contributed by atoms with van der Waals surface area (Å²) >= 11 is 0. The second-order valence-corrected chi connectivity index (χ2v) is 4.97. The summed E-state index contributed by atoms with van der Waals surface area (Å²) in [6, 6.07) is 0. The standard InChI is InChI=1S/C15H29N5O2/c1-5-8-9-10-17-15(16-6-2)18-11-13-19-14(20-22-13)12(4)21-7-3/h12H,5-11H2,1-4H3,(H2,16,17,18). The molecule has 0 aliphatic heterocycles. The third-order valence-corrected chi connectivity index (χ3v) is 3.05. The minimum atomic E-state index is -0.160. The monoisotopic (exact) mass is 311 g/mol. The van der Waals surface area contributed by atoms with Crippen LogP contribution in [0.25, 0.3) is 0 Å². The van der Waals surface area contributed by atoms with Crippen molar-refractivity contribution in [2.75, 3.05) is 19.7 Å². The van der Waals surface area contributed by atoms with Gasteiger partial charge in [-0.3, -0.25) is 0 Å². The van der Waals surface area contributed by atoms with Gasteiger partial charge < -0.3 is 19.9 Å². The normalized spacial score (nSPS) is 13.2. The number of aromatic nitrogens is 2. The van der Waals surface area contributed by atoms with Crippen LogP contribution < -0.4 is 10.6 Å². The van der Waals surface area contributed by atoms with Crippen LogP contribution in [0.2, 0.25) is 0 Å². The predicted octanol–water partition coefficient (Wildman–Crippen LogP) is 2.41. The second-order valence-electron chi connectivity index (χ2n) is 4.97. The molecule has 7 heteroatoms. The smallest absolute Gasteiger partial charge is 0.248 e. The van der Waals surface area contributed by atoms with E-state index in [2.05, 4.69) is 32.7 Å². The number of rotatable bonds is 10. The number of nitrogens with zero attached hydrogens (tertiary/aromatic N) is 3. The zero-order chi connectivity index (χ0) is 16.2. The van der Waals surface area contributed by atoms with E-state index in [0.717, 1.165) is 25.5 Å². The maximum atomic E-state index is 5.44. The molecular formula is C15H29N5O2. The van der Waals surface area contributed by atoms with Crippen LogP contribution in [0, 0.1) is 0 Å². The maximum Gasteiger partial charge on any atom is 0.248 e. The first-order valence-electron chi connectivity index (χ1n) is 8.17. The summed E-state index contributed by atoms with van der Waals surface area (Å²) in [5.74, 6) is 1.83. The molecule has 0 aliphatic rings. The molecule has 7 nitrogen and oxygen atoms in total. The Morgan fingerprint density at radius 1 is 1.27 bits per heavy atom. The molecule has 2 N–H and O–H groups in total. The van der Waals surface area contributed by atoms with Crippen molar-refractivity contribution in [3.63, 3.8) is 0 Å². The number of hydrogen-bond acceptors (Lipinski definition) is 5. The van der Waals surface area contributed by atoms with Gasteiger partial charge >= 0.3 is 0 Å². The molecule has 1 heterocycles. The average Bonchev–Trinajstić information content (AvgIpc) is 2.98. The summed E-state index contributed by atoms with van der Waals surface area (Å²) in [5.41, 5.74) is 0. The van der Waals surface area contributed by atoms with Gasteiger partial charge in [-0.2, -0.15) is 4.98 Å². The van der Waals surface area contributed by atoms with Crippen LogP contribution in [0.1, 0.15) is 64.8 Å². The van der Waals surface area contributed by atoms with Crippen LogP contribution in [0.15, 0.2) is 9.52 Å². The molecule has 1 rings (SSSR count). The number of aliphatic imine (C=N–C) groups is 1. The lowest BCUT2D eigenvalue weighted by atomic mass is 10.2. The lowest BCUT2D eigenvalue weighted by Crippen LogP contribution is -2.37. The third kappa shape index (κ3) is 6.89. The molecule has 1 aromatic rings. The van der Waals surface area contributed by atoms with Crippen LogP contribution in [0.4, 0.5) is 0 Å². The zero-order valence-electron chi connectivity index (χ0n) is 14.2. The molecule has 1 aromatic heterocycles. The minimum absolute atomic E-state index is 0.160. The van der Waals surface area contributed by atoms with Gasteiger partial charge in [0.2, 0.25) is 5.89 Å². The average molecular weight is 311 g/mol. The van der Waals surface area contributed by atoms with Gasteiger partial charge in [0.15, 0.2) is 11.8 Å². The highest BCUT2D eigenvalue weighted by atomic mass is 16.5. The van der Waals surface area contributed by atoms with E-state index in [1.807, 2.05) is 20.8 Å². The first-order valence-corrected chi connectivity index (χ1v) is 8.17. The molecular weight excluding hydrogens is 282 g/mol. The van der Waals surface area contributed by atoms with Crippen LogP contribution in [0.3, 0.4) is 0 Å². The topological polar surface area (TPSA) is 84.6 Å². The Kier molecular flexibility index (Phi) is 9.21. The summed E-state index contributed by atoms with van der Waals surface area (Å²) in [6.07, 6.45) is 3.40. The summed E-state index contributed by atoms with van der Waals surface area (Å²) in [6.45, 7) is 10.8. The summed E-state index contributed by atoms with van der Waals surface area (Å²) < 4.78 is 10.6. The van der Waals surface area contributed by atoms with Crippen molar-refractivity contribution in [1.29, 1.82) is 0 Å². The highest BCUT2D eigenvalue weighted by molar-refractivity contribution is 5.79. The zero-order valence-corrected chi connectivity index (χ0v) is 14.2. The predicted molar refractivity (Wildman–Crippen MR) is 86.7 cm³/mol. The largest absolute Gasteiger partial charge is 0.371 e. The van der Waals surface area contributed by atoms with Crippen molar-refractivity contribution in [2.24, 2.45) is 4.99 Å². The van der Waals surface area contributed by atoms with Gasteiger partial charge in [-0.1, -0.05) is 24.9 Å². The van der Waals surface area contributed by atoms with E-state index in [9.17, 15) is 0 Å². The van der Waals surface area contributed by atoms with Crippen molar-refractivity contribution in [3.05, 3.63) is 11.7 Å². The molecule has 0 amide bonds. The first-order chi connectivity index (χ1) is 10.7. The number of ether oxygens (including phenoxy) is 1. The van der Waals surface area contributed by atoms with Gasteiger partial charge in [0.25, 0.3) is 0 Å². The maximum absolute atomic E-state index is 5.44. The Balaban J connectivity index is 2.50. The van der Waals surface area contributed by atoms with E-state index in [1.54, 1.807) is 0 Å². The molecule has 126 valence electrons. The van der Waals surface area contributed by atoms with Crippen LogP contribution in [0.5, 0.6) is 0 Å². The summed E-state index contributed by atoms with van der Waals surface area (Å²) in [7, 11) is 0. The Morgan fingerprint density at radius 2 is 2.09 bits per heavy atom. The van der Waals surface area contributed by atoms with Crippen molar-refractivity contribution >= 4 is 5.96 Å². The molecule has 0 aromatic carbocycles. The third-order valence-electron chi connectivity index (χ3n) is 3.05. The van der Waals surface area contributed by atoms with Gasteiger partial charge in [-0.25, -0.2) is 4.99 Å². The minimum Gasteiger partial charge on any atom is -0.371 e. The lowest BCUT2D eigenvalue weighted by molar-refractivity contribution is 0.0683. The molecule has 1 unspecified atom stereocenters. The molecule has 0 bridgehead atoms. The molecule has 0 aliphatic carbocycles. The van der Waals surface area contributed by atoms with Crippen LogP contribution in [-0.4, -0.2) is 35.8 Å². The summed E-state index contributed by atoms with van der Waals surface area (Å²) in [4.78, 5) is 8.76. The molecule has 0 saturated carbocycles. The highest BCUT2D eigenvalue weighted by Crippen LogP contribution is 2.12. The number of unbranched alkanes of at least 4 members (excludes halogenated alkanes) is 2.